The first-order valence-corrected chi connectivity index (χ1v) is 12.9. The first-order valence-electron chi connectivity index (χ1n) is 11.4. The molecule has 0 saturated carbocycles. The van der Waals surface area contributed by atoms with Crippen molar-refractivity contribution in [1.29, 1.82) is 0 Å². The highest BCUT2D eigenvalue weighted by Gasteiger charge is 2.24. The fourth-order valence-corrected chi connectivity index (χ4v) is 4.75. The van der Waals surface area contributed by atoms with Gasteiger partial charge in [-0.1, -0.05) is 66.2 Å². The third-order valence-corrected chi connectivity index (χ3v) is 6.64. The van der Waals surface area contributed by atoms with Gasteiger partial charge in [-0.2, -0.15) is 0 Å². The molecule has 0 bridgehead atoms. The van der Waals surface area contributed by atoms with Gasteiger partial charge in [-0.15, -0.1) is 0 Å². The van der Waals surface area contributed by atoms with Crippen LogP contribution in [0.4, 0.5) is 0 Å². The second kappa shape index (κ2) is 11.2. The van der Waals surface area contributed by atoms with Crippen LogP contribution in [0.15, 0.2) is 102 Å². The van der Waals surface area contributed by atoms with E-state index in [0.717, 1.165) is 20.3 Å². The summed E-state index contributed by atoms with van der Waals surface area (Å²) in [5.74, 6) is 0.613. The van der Waals surface area contributed by atoms with Crippen LogP contribution >= 0.6 is 34.2 Å². The van der Waals surface area contributed by atoms with Gasteiger partial charge < -0.3 is 14.2 Å². The number of hydrogen-bond donors (Lipinski definition) is 0. The van der Waals surface area contributed by atoms with E-state index in [1.165, 1.54) is 0 Å². The average molecular weight is 622 g/mol. The monoisotopic (exact) mass is 621 g/mol. The molecule has 0 radical (unpaired) electrons. The zero-order valence-electron chi connectivity index (χ0n) is 19.8. The van der Waals surface area contributed by atoms with Crippen LogP contribution in [0.1, 0.15) is 16.7 Å². The van der Waals surface area contributed by atoms with Crippen LogP contribution in [0, 0.1) is 3.57 Å². The molecule has 1 heterocycles. The number of rotatable bonds is 7. The molecule has 0 fully saturated rings. The highest BCUT2D eigenvalue weighted by atomic mass is 127. The van der Waals surface area contributed by atoms with Gasteiger partial charge in [0.15, 0.2) is 17.2 Å². The van der Waals surface area contributed by atoms with Crippen LogP contribution in [0.25, 0.3) is 17.2 Å². The third-order valence-electron chi connectivity index (χ3n) is 5.69. The summed E-state index contributed by atoms with van der Waals surface area (Å²) in [5, 5.41) is 0.365. The summed E-state index contributed by atoms with van der Waals surface area (Å²) in [6.07, 6.45) is 1.62. The molecule has 4 aromatic rings. The molecule has 184 valence electrons. The van der Waals surface area contributed by atoms with Crippen LogP contribution in [0.3, 0.4) is 0 Å². The van der Waals surface area contributed by atoms with Crippen LogP contribution in [-0.2, 0) is 16.1 Å². The number of nitrogens with zero attached hydrogens (tertiary/aromatic N) is 1. The molecule has 0 aromatic heterocycles. The molecular weight excluding hydrogens is 601 g/mol. The summed E-state index contributed by atoms with van der Waals surface area (Å²) in [6.45, 7) is 0.344. The molecule has 0 atom stereocenters. The van der Waals surface area contributed by atoms with Gasteiger partial charge >= 0.3 is 5.97 Å². The maximum absolute atomic E-state index is 12.5. The predicted octanol–water partition coefficient (Wildman–Crippen LogP) is 7.54. The number of methoxy groups -OCH3 is 1. The van der Waals surface area contributed by atoms with E-state index in [0.29, 0.717) is 34.3 Å². The maximum Gasteiger partial charge on any atom is 0.363 e. The molecule has 4 aromatic carbocycles. The van der Waals surface area contributed by atoms with Crippen molar-refractivity contribution >= 4 is 52.1 Å². The number of ether oxygens (including phenoxy) is 3. The fourth-order valence-electron chi connectivity index (χ4n) is 3.87. The Balaban J connectivity index is 1.36. The van der Waals surface area contributed by atoms with Gasteiger partial charge in [-0.25, -0.2) is 9.79 Å². The number of halogens is 2. The summed E-state index contributed by atoms with van der Waals surface area (Å²) < 4.78 is 18.0. The first-order chi connectivity index (χ1) is 18.0. The molecule has 0 N–H and O–H groups in total. The van der Waals surface area contributed by atoms with E-state index in [-0.39, 0.29) is 11.6 Å². The number of aliphatic imine (C=N–C) groups is 1. The Hall–Kier alpha value is -3.62. The van der Waals surface area contributed by atoms with E-state index in [1.54, 1.807) is 25.3 Å². The molecule has 37 heavy (non-hydrogen) atoms. The molecule has 0 unspecified atom stereocenters. The smallest absolute Gasteiger partial charge is 0.363 e. The van der Waals surface area contributed by atoms with Crippen molar-refractivity contribution in [1.82, 2.24) is 0 Å². The lowest BCUT2D eigenvalue weighted by Gasteiger charge is -2.13. The summed E-state index contributed by atoms with van der Waals surface area (Å²) in [6, 6.07) is 29.2. The number of hydrogen-bond acceptors (Lipinski definition) is 5. The van der Waals surface area contributed by atoms with Crippen molar-refractivity contribution in [2.24, 2.45) is 4.99 Å². The van der Waals surface area contributed by atoms with Crippen LogP contribution in [0.5, 0.6) is 11.5 Å². The minimum absolute atomic E-state index is 0.174. The Labute approximate surface area is 233 Å². The number of esters is 1. The standard InChI is InChI=1S/C30H21ClINO4/c1-35-27-17-20(15-25(31)28(27)36-18-19-6-5-9-24(32)14-19)16-26-30(34)37-29(33-26)23-12-10-22(11-13-23)21-7-3-2-4-8-21/h2-17H,18H2,1H3/b26-16-. The third kappa shape index (κ3) is 5.87. The molecule has 0 aliphatic carbocycles. The lowest BCUT2D eigenvalue weighted by Crippen LogP contribution is -2.05. The second-order valence-electron chi connectivity index (χ2n) is 8.23. The SMILES string of the molecule is COc1cc(/C=C2\N=C(c3ccc(-c4ccccc4)cc3)OC2=O)cc(Cl)c1OCc1cccc(I)c1. The summed E-state index contributed by atoms with van der Waals surface area (Å²) in [4.78, 5) is 17.0. The van der Waals surface area contributed by atoms with Crippen LogP contribution in [0.2, 0.25) is 5.02 Å². The Morgan fingerprint density at radius 1 is 0.919 bits per heavy atom. The number of carbonyl (C=O) groups is 1. The van der Waals surface area contributed by atoms with Gasteiger partial charge in [0.05, 0.1) is 12.1 Å². The van der Waals surface area contributed by atoms with Gasteiger partial charge in [0, 0.05) is 9.13 Å². The van der Waals surface area contributed by atoms with E-state index in [1.807, 2.05) is 78.9 Å². The predicted molar refractivity (Wildman–Crippen MR) is 154 cm³/mol. The van der Waals surface area contributed by atoms with Crippen molar-refractivity contribution in [3.63, 3.8) is 0 Å². The van der Waals surface area contributed by atoms with E-state index < -0.39 is 5.97 Å². The van der Waals surface area contributed by atoms with Crippen molar-refractivity contribution in [2.75, 3.05) is 7.11 Å². The highest BCUT2D eigenvalue weighted by molar-refractivity contribution is 14.1. The number of benzene rings is 4. The van der Waals surface area contributed by atoms with E-state index in [2.05, 4.69) is 27.6 Å². The lowest BCUT2D eigenvalue weighted by atomic mass is 10.0. The molecule has 0 saturated heterocycles. The van der Waals surface area contributed by atoms with Gasteiger partial charge in [-0.05, 0) is 87.3 Å². The summed E-state index contributed by atoms with van der Waals surface area (Å²) in [7, 11) is 1.54. The molecule has 5 rings (SSSR count). The number of cyclic esters (lactones) is 1. The molecule has 7 heteroatoms. The van der Waals surface area contributed by atoms with Crippen LogP contribution < -0.4 is 9.47 Å². The zero-order valence-corrected chi connectivity index (χ0v) is 22.7. The van der Waals surface area contributed by atoms with Crippen LogP contribution in [-0.4, -0.2) is 19.0 Å². The van der Waals surface area contributed by atoms with E-state index in [9.17, 15) is 4.79 Å². The maximum atomic E-state index is 12.5. The summed E-state index contributed by atoms with van der Waals surface area (Å²) >= 11 is 8.79. The molecule has 1 aliphatic rings. The zero-order chi connectivity index (χ0) is 25.8. The quantitative estimate of drug-likeness (QED) is 0.122. The first kappa shape index (κ1) is 25.0. The molecular formula is C30H21ClINO4. The Kier molecular flexibility index (Phi) is 7.58. The topological polar surface area (TPSA) is 57.1 Å². The van der Waals surface area contributed by atoms with Crippen molar-refractivity contribution in [3.8, 4) is 22.6 Å². The molecule has 1 aliphatic heterocycles. The second-order valence-corrected chi connectivity index (χ2v) is 9.88. The fraction of sp³-hybridized carbons (Fsp3) is 0.0667. The Bertz CT molecular complexity index is 1510. The Morgan fingerprint density at radius 3 is 2.38 bits per heavy atom. The molecule has 0 amide bonds. The molecule has 5 nitrogen and oxygen atoms in total. The van der Waals surface area contributed by atoms with Crippen molar-refractivity contribution < 1.29 is 19.0 Å². The normalized spacial score (nSPS) is 13.9. The highest BCUT2D eigenvalue weighted by Crippen LogP contribution is 2.38. The Morgan fingerprint density at radius 2 is 1.65 bits per heavy atom. The summed E-state index contributed by atoms with van der Waals surface area (Å²) in [5.41, 5.74) is 4.72. The van der Waals surface area contributed by atoms with Crippen molar-refractivity contribution in [3.05, 3.63) is 122 Å². The largest absolute Gasteiger partial charge is 0.493 e. The molecule has 0 spiro atoms. The average Bonchev–Trinajstić information content (AvgIpc) is 3.28. The minimum atomic E-state index is -0.531. The van der Waals surface area contributed by atoms with Crippen molar-refractivity contribution in [2.45, 2.75) is 6.61 Å². The minimum Gasteiger partial charge on any atom is -0.493 e. The van der Waals surface area contributed by atoms with Gasteiger partial charge in [-0.3, -0.25) is 0 Å². The van der Waals surface area contributed by atoms with E-state index in [4.69, 9.17) is 25.8 Å². The lowest BCUT2D eigenvalue weighted by molar-refractivity contribution is -0.129. The number of carbonyl (C=O) groups excluding carboxylic acids is 1. The van der Waals surface area contributed by atoms with Gasteiger partial charge in [0.25, 0.3) is 0 Å². The van der Waals surface area contributed by atoms with E-state index >= 15 is 0 Å². The van der Waals surface area contributed by atoms with Gasteiger partial charge in [0.2, 0.25) is 5.90 Å². The van der Waals surface area contributed by atoms with Gasteiger partial charge in [0.1, 0.15) is 6.61 Å².